The molecule has 1 aliphatic carbocycles. The van der Waals surface area contributed by atoms with Crippen molar-refractivity contribution in [3.8, 4) is 0 Å². The molecule has 1 aromatic rings. The van der Waals surface area contributed by atoms with E-state index in [-0.39, 0.29) is 0 Å². The Morgan fingerprint density at radius 2 is 2.18 bits per heavy atom. The second-order valence-corrected chi connectivity index (χ2v) is 5.93. The van der Waals surface area contributed by atoms with Gasteiger partial charge in [0.15, 0.2) is 0 Å². The van der Waals surface area contributed by atoms with Crippen LogP contribution >= 0.6 is 15.9 Å². The topological polar surface area (TPSA) is 12.0 Å². The molecule has 2 heteroatoms. The van der Waals surface area contributed by atoms with Crippen molar-refractivity contribution in [1.82, 2.24) is 5.32 Å². The molecule has 0 amide bonds. The largest absolute Gasteiger partial charge is 0.310 e. The van der Waals surface area contributed by atoms with E-state index in [4.69, 9.17) is 0 Å². The van der Waals surface area contributed by atoms with Crippen molar-refractivity contribution in [3.63, 3.8) is 0 Å². The Bertz CT molecular complexity index is 371. The lowest BCUT2D eigenvalue weighted by Crippen LogP contribution is -2.33. The molecule has 0 bridgehead atoms. The summed E-state index contributed by atoms with van der Waals surface area (Å²) in [7, 11) is 0. The molecule has 2 rings (SSSR count). The van der Waals surface area contributed by atoms with Gasteiger partial charge in [0.2, 0.25) is 0 Å². The minimum atomic E-state index is 0.557. The van der Waals surface area contributed by atoms with Crippen molar-refractivity contribution < 1.29 is 0 Å². The van der Waals surface area contributed by atoms with Crippen molar-refractivity contribution in [1.29, 1.82) is 0 Å². The summed E-state index contributed by atoms with van der Waals surface area (Å²) in [5, 5.41) is 3.73. The van der Waals surface area contributed by atoms with Gasteiger partial charge in [0.05, 0.1) is 0 Å². The first-order chi connectivity index (χ1) is 8.24. The average Bonchev–Trinajstić information content (AvgIpc) is 2.26. The quantitative estimate of drug-likeness (QED) is 0.837. The number of hydrogen-bond acceptors (Lipinski definition) is 1. The van der Waals surface area contributed by atoms with Crippen LogP contribution in [0.1, 0.15) is 49.8 Å². The maximum Gasteiger partial charge on any atom is 0.0351 e. The fourth-order valence-electron chi connectivity index (χ4n) is 2.56. The Labute approximate surface area is 113 Å². The SMILES string of the molecule is CCCNC(c1cccc(Br)c1C)C1CCC1. The molecule has 1 nitrogen and oxygen atoms in total. The van der Waals surface area contributed by atoms with Gasteiger partial charge in [-0.15, -0.1) is 0 Å². The fraction of sp³-hybridized carbons (Fsp3) is 0.600. The molecule has 1 fully saturated rings. The van der Waals surface area contributed by atoms with Crippen LogP contribution in [0.15, 0.2) is 22.7 Å². The van der Waals surface area contributed by atoms with Crippen molar-refractivity contribution in [2.75, 3.05) is 6.54 Å². The first kappa shape index (κ1) is 13.1. The third-order valence-corrected chi connectivity index (χ3v) is 4.74. The van der Waals surface area contributed by atoms with Crippen LogP contribution in [-0.2, 0) is 0 Å². The normalized spacial score (nSPS) is 17.8. The van der Waals surface area contributed by atoms with Crippen molar-refractivity contribution in [2.45, 2.75) is 45.6 Å². The first-order valence-electron chi connectivity index (χ1n) is 6.72. The van der Waals surface area contributed by atoms with Crippen LogP contribution in [0, 0.1) is 12.8 Å². The molecule has 1 aromatic carbocycles. The molecule has 1 aliphatic rings. The molecule has 0 spiro atoms. The van der Waals surface area contributed by atoms with Gasteiger partial charge in [-0.2, -0.15) is 0 Å². The van der Waals surface area contributed by atoms with Gasteiger partial charge in [-0.05, 0) is 55.8 Å². The van der Waals surface area contributed by atoms with Crippen LogP contribution in [0.4, 0.5) is 0 Å². The summed E-state index contributed by atoms with van der Waals surface area (Å²) in [5.74, 6) is 0.842. The maximum atomic E-state index is 3.73. The Kier molecular flexibility index (Phi) is 4.63. The highest BCUT2D eigenvalue weighted by molar-refractivity contribution is 9.10. The molecule has 0 radical (unpaired) electrons. The molecule has 17 heavy (non-hydrogen) atoms. The Balaban J connectivity index is 2.21. The van der Waals surface area contributed by atoms with Crippen LogP contribution in [0.25, 0.3) is 0 Å². The summed E-state index contributed by atoms with van der Waals surface area (Å²) in [5.41, 5.74) is 2.88. The van der Waals surface area contributed by atoms with Crippen LogP contribution in [0.2, 0.25) is 0 Å². The van der Waals surface area contributed by atoms with Gasteiger partial charge in [-0.3, -0.25) is 0 Å². The average molecular weight is 296 g/mol. The molecule has 0 aromatic heterocycles. The molecule has 1 unspecified atom stereocenters. The van der Waals surface area contributed by atoms with Gasteiger partial charge in [-0.1, -0.05) is 41.4 Å². The second-order valence-electron chi connectivity index (χ2n) is 5.08. The molecule has 0 aliphatic heterocycles. The van der Waals surface area contributed by atoms with E-state index >= 15 is 0 Å². The zero-order valence-corrected chi connectivity index (χ0v) is 12.4. The van der Waals surface area contributed by atoms with Crippen LogP contribution < -0.4 is 5.32 Å². The van der Waals surface area contributed by atoms with E-state index < -0.39 is 0 Å². The summed E-state index contributed by atoms with van der Waals surface area (Å²) in [6.07, 6.45) is 5.37. The third kappa shape index (κ3) is 2.92. The van der Waals surface area contributed by atoms with Gasteiger partial charge in [0.25, 0.3) is 0 Å². The maximum absolute atomic E-state index is 3.73. The number of hydrogen-bond donors (Lipinski definition) is 1. The Morgan fingerprint density at radius 3 is 2.76 bits per heavy atom. The minimum Gasteiger partial charge on any atom is -0.310 e. The molecule has 1 saturated carbocycles. The summed E-state index contributed by atoms with van der Waals surface area (Å²) >= 11 is 3.64. The lowest BCUT2D eigenvalue weighted by atomic mass is 9.76. The standard InChI is InChI=1S/C15H22BrN/c1-3-10-17-15(12-6-4-7-12)13-8-5-9-14(16)11(13)2/h5,8-9,12,15,17H,3-4,6-7,10H2,1-2H3. The highest BCUT2D eigenvalue weighted by atomic mass is 79.9. The van der Waals surface area contributed by atoms with E-state index in [1.165, 1.54) is 41.3 Å². The molecule has 94 valence electrons. The highest BCUT2D eigenvalue weighted by Crippen LogP contribution is 2.39. The summed E-state index contributed by atoms with van der Waals surface area (Å²) in [4.78, 5) is 0. The van der Waals surface area contributed by atoms with Crippen LogP contribution in [0.3, 0.4) is 0 Å². The van der Waals surface area contributed by atoms with E-state index in [9.17, 15) is 0 Å². The minimum absolute atomic E-state index is 0.557. The molecular formula is C15H22BrN. The Morgan fingerprint density at radius 1 is 1.41 bits per heavy atom. The van der Waals surface area contributed by atoms with E-state index in [0.717, 1.165) is 12.5 Å². The number of rotatable bonds is 5. The fourth-order valence-corrected chi connectivity index (χ4v) is 2.95. The molecule has 0 saturated heterocycles. The second kappa shape index (κ2) is 6.01. The summed E-state index contributed by atoms with van der Waals surface area (Å²) in [6.45, 7) is 5.57. The molecule has 0 heterocycles. The van der Waals surface area contributed by atoms with Gasteiger partial charge in [-0.25, -0.2) is 0 Å². The summed E-state index contributed by atoms with van der Waals surface area (Å²) < 4.78 is 1.23. The van der Waals surface area contributed by atoms with Crippen LogP contribution in [0.5, 0.6) is 0 Å². The molecule has 1 N–H and O–H groups in total. The van der Waals surface area contributed by atoms with Gasteiger partial charge in [0.1, 0.15) is 0 Å². The lowest BCUT2D eigenvalue weighted by molar-refractivity contribution is 0.230. The van der Waals surface area contributed by atoms with E-state index in [0.29, 0.717) is 6.04 Å². The smallest absolute Gasteiger partial charge is 0.0351 e. The Hall–Kier alpha value is -0.340. The van der Waals surface area contributed by atoms with Crippen molar-refractivity contribution in [2.24, 2.45) is 5.92 Å². The molecule has 1 atom stereocenters. The van der Waals surface area contributed by atoms with Crippen LogP contribution in [-0.4, -0.2) is 6.54 Å². The van der Waals surface area contributed by atoms with E-state index in [1.807, 2.05) is 0 Å². The van der Waals surface area contributed by atoms with Crippen molar-refractivity contribution in [3.05, 3.63) is 33.8 Å². The predicted molar refractivity (Wildman–Crippen MR) is 77.3 cm³/mol. The van der Waals surface area contributed by atoms with E-state index in [1.54, 1.807) is 0 Å². The zero-order valence-electron chi connectivity index (χ0n) is 10.8. The highest BCUT2D eigenvalue weighted by Gasteiger charge is 2.29. The number of nitrogens with one attached hydrogen (secondary N) is 1. The van der Waals surface area contributed by atoms with Gasteiger partial charge >= 0.3 is 0 Å². The van der Waals surface area contributed by atoms with E-state index in [2.05, 4.69) is 53.3 Å². The van der Waals surface area contributed by atoms with Gasteiger partial charge in [0, 0.05) is 10.5 Å². The summed E-state index contributed by atoms with van der Waals surface area (Å²) in [6, 6.07) is 7.13. The van der Waals surface area contributed by atoms with Crippen molar-refractivity contribution >= 4 is 15.9 Å². The monoisotopic (exact) mass is 295 g/mol. The number of benzene rings is 1. The zero-order chi connectivity index (χ0) is 12.3. The third-order valence-electron chi connectivity index (χ3n) is 3.88. The lowest BCUT2D eigenvalue weighted by Gasteiger charge is -2.35. The number of halogens is 1. The first-order valence-corrected chi connectivity index (χ1v) is 7.51. The van der Waals surface area contributed by atoms with Gasteiger partial charge < -0.3 is 5.32 Å². The predicted octanol–water partition coefficient (Wildman–Crippen LogP) is 4.60. The molecular weight excluding hydrogens is 274 g/mol.